The molecule has 1 unspecified atom stereocenters. The van der Waals surface area contributed by atoms with Crippen molar-refractivity contribution in [1.82, 2.24) is 4.90 Å². The highest BCUT2D eigenvalue weighted by atomic mass is 16.5. The van der Waals surface area contributed by atoms with Gasteiger partial charge in [-0.1, -0.05) is 31.0 Å². The Hall–Kier alpha value is -1.55. The standard InChI is InChI=1S/C16H24N2O2/c1-13(17)14-8-4-5-9-15(14)20-12-16(19)18-10-6-2-3-7-11-18/h4-5,8-9,13H,2-3,6-7,10-12,17H2,1H3. The van der Waals surface area contributed by atoms with Crippen molar-refractivity contribution in [3.05, 3.63) is 29.8 Å². The van der Waals surface area contributed by atoms with Crippen molar-refractivity contribution in [2.24, 2.45) is 5.73 Å². The van der Waals surface area contributed by atoms with E-state index in [1.54, 1.807) is 0 Å². The Morgan fingerprint density at radius 1 is 1.25 bits per heavy atom. The summed E-state index contributed by atoms with van der Waals surface area (Å²) >= 11 is 0. The smallest absolute Gasteiger partial charge is 0.260 e. The van der Waals surface area contributed by atoms with Crippen LogP contribution in [0.2, 0.25) is 0 Å². The predicted molar refractivity (Wildman–Crippen MR) is 79.6 cm³/mol. The van der Waals surface area contributed by atoms with E-state index in [0.717, 1.165) is 31.5 Å². The Balaban J connectivity index is 1.92. The zero-order chi connectivity index (χ0) is 14.4. The maximum absolute atomic E-state index is 12.2. The van der Waals surface area contributed by atoms with Crippen molar-refractivity contribution in [1.29, 1.82) is 0 Å². The molecule has 1 aliphatic heterocycles. The summed E-state index contributed by atoms with van der Waals surface area (Å²) < 4.78 is 5.68. The molecule has 4 nitrogen and oxygen atoms in total. The SMILES string of the molecule is CC(N)c1ccccc1OCC(=O)N1CCCCCC1. The molecule has 4 heteroatoms. The third-order valence-corrected chi connectivity index (χ3v) is 3.72. The lowest BCUT2D eigenvalue weighted by atomic mass is 10.1. The van der Waals surface area contributed by atoms with Crippen LogP contribution in [0, 0.1) is 0 Å². The normalized spacial score (nSPS) is 17.4. The fourth-order valence-corrected chi connectivity index (χ4v) is 2.54. The molecule has 20 heavy (non-hydrogen) atoms. The average Bonchev–Trinajstić information content (AvgIpc) is 2.74. The summed E-state index contributed by atoms with van der Waals surface area (Å²) in [7, 11) is 0. The molecular weight excluding hydrogens is 252 g/mol. The molecule has 0 bridgehead atoms. The fraction of sp³-hybridized carbons (Fsp3) is 0.562. The van der Waals surface area contributed by atoms with Crippen molar-refractivity contribution in [3.8, 4) is 5.75 Å². The van der Waals surface area contributed by atoms with E-state index in [4.69, 9.17) is 10.5 Å². The number of carbonyl (C=O) groups excluding carboxylic acids is 1. The first-order chi connectivity index (χ1) is 9.68. The first-order valence-electron chi connectivity index (χ1n) is 7.43. The van der Waals surface area contributed by atoms with Crippen molar-refractivity contribution < 1.29 is 9.53 Å². The molecule has 1 saturated heterocycles. The largest absolute Gasteiger partial charge is 0.483 e. The van der Waals surface area contributed by atoms with Crippen molar-refractivity contribution >= 4 is 5.91 Å². The molecule has 1 heterocycles. The van der Waals surface area contributed by atoms with E-state index < -0.39 is 0 Å². The van der Waals surface area contributed by atoms with Gasteiger partial charge in [0.1, 0.15) is 5.75 Å². The van der Waals surface area contributed by atoms with Crippen molar-refractivity contribution in [2.75, 3.05) is 19.7 Å². The molecule has 1 amide bonds. The van der Waals surface area contributed by atoms with Crippen LogP contribution in [0.1, 0.15) is 44.2 Å². The molecule has 110 valence electrons. The summed E-state index contributed by atoms with van der Waals surface area (Å²) in [6.07, 6.45) is 4.64. The highest BCUT2D eigenvalue weighted by molar-refractivity contribution is 5.77. The van der Waals surface area contributed by atoms with Gasteiger partial charge in [0, 0.05) is 24.7 Å². The highest BCUT2D eigenvalue weighted by Crippen LogP contribution is 2.23. The third-order valence-electron chi connectivity index (χ3n) is 3.72. The minimum atomic E-state index is -0.0977. The summed E-state index contributed by atoms with van der Waals surface area (Å²) in [6, 6.07) is 7.55. The third kappa shape index (κ3) is 3.97. The van der Waals surface area contributed by atoms with E-state index in [1.165, 1.54) is 12.8 Å². The number of rotatable bonds is 4. The zero-order valence-corrected chi connectivity index (χ0v) is 12.2. The van der Waals surface area contributed by atoms with Crippen LogP contribution in [0.5, 0.6) is 5.75 Å². The number of nitrogens with two attached hydrogens (primary N) is 1. The van der Waals surface area contributed by atoms with Crippen LogP contribution in [0.3, 0.4) is 0 Å². The Morgan fingerprint density at radius 3 is 2.55 bits per heavy atom. The lowest BCUT2D eigenvalue weighted by Crippen LogP contribution is -2.35. The van der Waals surface area contributed by atoms with Gasteiger partial charge >= 0.3 is 0 Å². The van der Waals surface area contributed by atoms with E-state index in [9.17, 15) is 4.79 Å². The molecule has 0 aliphatic carbocycles. The lowest BCUT2D eigenvalue weighted by Gasteiger charge is -2.21. The number of para-hydroxylation sites is 1. The average molecular weight is 276 g/mol. The van der Waals surface area contributed by atoms with Crippen LogP contribution in [-0.2, 0) is 4.79 Å². The van der Waals surface area contributed by atoms with Gasteiger partial charge in [0.05, 0.1) is 0 Å². The Labute approximate surface area is 120 Å². The molecule has 0 saturated carbocycles. The highest BCUT2D eigenvalue weighted by Gasteiger charge is 2.16. The summed E-state index contributed by atoms with van der Waals surface area (Å²) in [5.74, 6) is 0.789. The van der Waals surface area contributed by atoms with Crippen LogP contribution in [0.4, 0.5) is 0 Å². The van der Waals surface area contributed by atoms with Gasteiger partial charge in [-0.15, -0.1) is 0 Å². The van der Waals surface area contributed by atoms with Crippen LogP contribution >= 0.6 is 0 Å². The van der Waals surface area contributed by atoms with Crippen LogP contribution in [0.25, 0.3) is 0 Å². The van der Waals surface area contributed by atoms with Gasteiger partial charge in [0.2, 0.25) is 0 Å². The van der Waals surface area contributed by atoms with E-state index in [2.05, 4.69) is 0 Å². The first-order valence-corrected chi connectivity index (χ1v) is 7.43. The van der Waals surface area contributed by atoms with E-state index >= 15 is 0 Å². The first kappa shape index (κ1) is 14.9. The van der Waals surface area contributed by atoms with Gasteiger partial charge in [-0.05, 0) is 25.8 Å². The van der Waals surface area contributed by atoms with Crippen molar-refractivity contribution in [2.45, 2.75) is 38.6 Å². The number of ether oxygens (including phenoxy) is 1. The molecule has 0 aromatic heterocycles. The van der Waals surface area contributed by atoms with Crippen LogP contribution in [0.15, 0.2) is 24.3 Å². The fourth-order valence-electron chi connectivity index (χ4n) is 2.54. The van der Waals surface area contributed by atoms with Crippen LogP contribution < -0.4 is 10.5 Å². The summed E-state index contributed by atoms with van der Waals surface area (Å²) in [5.41, 5.74) is 6.85. The number of nitrogens with zero attached hydrogens (tertiary/aromatic N) is 1. The van der Waals surface area contributed by atoms with Gasteiger partial charge < -0.3 is 15.4 Å². The molecule has 1 aromatic rings. The van der Waals surface area contributed by atoms with Gasteiger partial charge in [-0.25, -0.2) is 0 Å². The number of benzene rings is 1. The Kier molecular flexibility index (Phi) is 5.41. The second-order valence-electron chi connectivity index (χ2n) is 5.41. The van der Waals surface area contributed by atoms with Crippen LogP contribution in [-0.4, -0.2) is 30.5 Å². The second kappa shape index (κ2) is 7.29. The maximum Gasteiger partial charge on any atom is 0.260 e. The molecule has 2 N–H and O–H groups in total. The Morgan fingerprint density at radius 2 is 1.90 bits per heavy atom. The summed E-state index contributed by atoms with van der Waals surface area (Å²) in [4.78, 5) is 14.1. The molecule has 1 aromatic carbocycles. The Bertz CT molecular complexity index is 438. The molecule has 2 rings (SSSR count). The molecule has 1 fully saturated rings. The maximum atomic E-state index is 12.2. The predicted octanol–water partition coefficient (Wildman–Crippen LogP) is 2.49. The number of hydrogen-bond acceptors (Lipinski definition) is 3. The molecule has 0 spiro atoms. The summed E-state index contributed by atoms with van der Waals surface area (Å²) in [6.45, 7) is 3.73. The van der Waals surface area contributed by atoms with E-state index in [0.29, 0.717) is 5.75 Å². The monoisotopic (exact) mass is 276 g/mol. The minimum absolute atomic E-state index is 0.0753. The molecule has 1 atom stereocenters. The van der Waals surface area contributed by atoms with Gasteiger partial charge in [0.25, 0.3) is 5.91 Å². The van der Waals surface area contributed by atoms with Gasteiger partial charge in [-0.2, -0.15) is 0 Å². The topological polar surface area (TPSA) is 55.6 Å². The second-order valence-corrected chi connectivity index (χ2v) is 5.41. The van der Waals surface area contributed by atoms with Gasteiger partial charge in [-0.3, -0.25) is 4.79 Å². The van der Waals surface area contributed by atoms with E-state index in [1.807, 2.05) is 36.1 Å². The number of amides is 1. The molecule has 0 radical (unpaired) electrons. The quantitative estimate of drug-likeness (QED) is 0.919. The number of likely N-dealkylation sites (tertiary alicyclic amines) is 1. The van der Waals surface area contributed by atoms with Crippen molar-refractivity contribution in [3.63, 3.8) is 0 Å². The zero-order valence-electron chi connectivity index (χ0n) is 12.2. The van der Waals surface area contributed by atoms with Gasteiger partial charge in [0.15, 0.2) is 6.61 Å². The molecule has 1 aliphatic rings. The summed E-state index contributed by atoms with van der Waals surface area (Å²) in [5, 5.41) is 0. The molecular formula is C16H24N2O2. The number of carbonyl (C=O) groups is 1. The minimum Gasteiger partial charge on any atom is -0.483 e. The van der Waals surface area contributed by atoms with E-state index in [-0.39, 0.29) is 18.6 Å². The lowest BCUT2D eigenvalue weighted by molar-refractivity contribution is -0.133. The number of hydrogen-bond donors (Lipinski definition) is 1.